The number of hydrogen-bond donors (Lipinski definition) is 0. The van der Waals surface area contributed by atoms with Crippen molar-refractivity contribution in [3.05, 3.63) is 69.5 Å². The molecule has 0 saturated heterocycles. The largest absolute Gasteiger partial charge is 0.240 e. The van der Waals surface area contributed by atoms with Gasteiger partial charge in [0.05, 0.1) is 11.2 Å². The van der Waals surface area contributed by atoms with Crippen molar-refractivity contribution in [2.24, 2.45) is 0 Å². The molecule has 0 bridgehead atoms. The number of fused-ring (bicyclic) bond motifs is 1. The van der Waals surface area contributed by atoms with Gasteiger partial charge in [-0.1, -0.05) is 47.5 Å². The maximum Gasteiger partial charge on any atom is 0.0728 e. The molecule has 2 heterocycles. The van der Waals surface area contributed by atoms with E-state index in [1.807, 2.05) is 0 Å². The summed E-state index contributed by atoms with van der Waals surface area (Å²) in [6.45, 7) is 4.40. The van der Waals surface area contributed by atoms with Crippen molar-refractivity contribution < 1.29 is 0 Å². The number of pyridine rings is 1. The molecule has 2 aromatic heterocycles. The maximum absolute atomic E-state index is 4.83. The third-order valence-electron chi connectivity index (χ3n) is 4.10. The molecule has 0 fully saturated rings. The lowest BCUT2D eigenvalue weighted by molar-refractivity contribution is 0.757. The highest BCUT2D eigenvalue weighted by molar-refractivity contribution is 9.10. The van der Waals surface area contributed by atoms with Crippen LogP contribution in [0, 0.1) is 6.92 Å². The zero-order valence-corrected chi connectivity index (χ0v) is 14.7. The molecule has 0 aliphatic heterocycles. The molecule has 0 aliphatic carbocycles. The predicted octanol–water partition coefficient (Wildman–Crippen LogP) is 5.34. The molecular weight excluding hydrogens is 336 g/mol. The van der Waals surface area contributed by atoms with Crippen molar-refractivity contribution in [2.45, 2.75) is 39.5 Å². The van der Waals surface area contributed by atoms with Gasteiger partial charge in [-0.25, -0.2) is 4.52 Å². The van der Waals surface area contributed by atoms with Crippen LogP contribution >= 0.6 is 15.9 Å². The smallest absolute Gasteiger partial charge is 0.0728 e. The lowest BCUT2D eigenvalue weighted by atomic mass is 9.99. The van der Waals surface area contributed by atoms with Crippen molar-refractivity contribution in [1.29, 1.82) is 0 Å². The number of aromatic nitrogens is 2. The number of nitrogens with zero attached hydrogens (tertiary/aromatic N) is 2. The predicted molar refractivity (Wildman–Crippen MR) is 95.5 cm³/mol. The minimum absolute atomic E-state index is 0.945. The standard InChI is InChI=1S/C19H21BrN2/c1-3-4-7-18-17(13-15-8-10-16(20)11-9-15)19-14(2)6-5-12-22(19)21-18/h5-6,8-12H,3-4,7,13H2,1-2H3. The highest BCUT2D eigenvalue weighted by Gasteiger charge is 2.14. The van der Waals surface area contributed by atoms with E-state index in [0.717, 1.165) is 17.3 Å². The Bertz CT molecular complexity index is 772. The van der Waals surface area contributed by atoms with E-state index in [2.05, 4.69) is 76.9 Å². The summed E-state index contributed by atoms with van der Waals surface area (Å²) in [4.78, 5) is 0. The first-order chi connectivity index (χ1) is 10.7. The second-order valence-corrected chi connectivity index (χ2v) is 6.73. The van der Waals surface area contributed by atoms with Crippen molar-refractivity contribution in [1.82, 2.24) is 9.61 Å². The molecule has 0 atom stereocenters. The fourth-order valence-electron chi connectivity index (χ4n) is 2.93. The van der Waals surface area contributed by atoms with Gasteiger partial charge >= 0.3 is 0 Å². The number of rotatable bonds is 5. The number of hydrogen-bond acceptors (Lipinski definition) is 1. The SMILES string of the molecule is CCCCc1nn2cccc(C)c2c1Cc1ccc(Br)cc1. The second-order valence-electron chi connectivity index (χ2n) is 5.82. The molecule has 0 amide bonds. The summed E-state index contributed by atoms with van der Waals surface area (Å²) in [6, 6.07) is 12.8. The summed E-state index contributed by atoms with van der Waals surface area (Å²) in [5, 5.41) is 4.83. The Morgan fingerprint density at radius 1 is 1.14 bits per heavy atom. The maximum atomic E-state index is 4.83. The van der Waals surface area contributed by atoms with Crippen LogP contribution in [0.3, 0.4) is 0 Å². The summed E-state index contributed by atoms with van der Waals surface area (Å²) in [5.41, 5.74) is 6.54. The molecular formula is C19H21BrN2. The van der Waals surface area contributed by atoms with E-state index in [4.69, 9.17) is 5.10 Å². The van der Waals surface area contributed by atoms with Crippen LogP contribution in [0.2, 0.25) is 0 Å². The fourth-order valence-corrected chi connectivity index (χ4v) is 3.19. The van der Waals surface area contributed by atoms with Crippen LogP contribution in [-0.4, -0.2) is 9.61 Å². The Balaban J connectivity index is 2.06. The van der Waals surface area contributed by atoms with Gasteiger partial charge in [0.2, 0.25) is 0 Å². The first-order valence-electron chi connectivity index (χ1n) is 7.89. The molecule has 2 nitrogen and oxygen atoms in total. The van der Waals surface area contributed by atoms with E-state index in [-0.39, 0.29) is 0 Å². The first-order valence-corrected chi connectivity index (χ1v) is 8.68. The van der Waals surface area contributed by atoms with Gasteiger partial charge in [0.1, 0.15) is 0 Å². The zero-order chi connectivity index (χ0) is 15.5. The van der Waals surface area contributed by atoms with Crippen LogP contribution in [0.4, 0.5) is 0 Å². The van der Waals surface area contributed by atoms with Crippen LogP contribution in [0.1, 0.15) is 42.1 Å². The van der Waals surface area contributed by atoms with E-state index in [9.17, 15) is 0 Å². The molecule has 0 unspecified atom stereocenters. The third kappa shape index (κ3) is 3.09. The van der Waals surface area contributed by atoms with E-state index in [1.54, 1.807) is 0 Å². The summed E-state index contributed by atoms with van der Waals surface area (Å²) in [7, 11) is 0. The molecule has 3 aromatic rings. The quantitative estimate of drug-likeness (QED) is 0.603. The average Bonchev–Trinajstić information content (AvgIpc) is 2.86. The molecule has 0 radical (unpaired) electrons. The lowest BCUT2D eigenvalue weighted by Gasteiger charge is -2.05. The highest BCUT2D eigenvalue weighted by atomic mass is 79.9. The van der Waals surface area contributed by atoms with Gasteiger partial charge in [0.25, 0.3) is 0 Å². The number of unbranched alkanes of at least 4 members (excludes halogenated alkanes) is 1. The van der Waals surface area contributed by atoms with Crippen LogP contribution in [-0.2, 0) is 12.8 Å². The number of halogens is 1. The molecule has 3 rings (SSSR count). The van der Waals surface area contributed by atoms with Gasteiger partial charge in [-0.3, -0.25) is 0 Å². The fraction of sp³-hybridized carbons (Fsp3) is 0.316. The molecule has 114 valence electrons. The van der Waals surface area contributed by atoms with Crippen LogP contribution in [0.5, 0.6) is 0 Å². The molecule has 22 heavy (non-hydrogen) atoms. The first kappa shape index (κ1) is 15.3. The second kappa shape index (κ2) is 6.66. The van der Waals surface area contributed by atoms with Crippen molar-refractivity contribution >= 4 is 21.4 Å². The van der Waals surface area contributed by atoms with Crippen molar-refractivity contribution in [3.63, 3.8) is 0 Å². The number of aryl methyl sites for hydroxylation is 2. The Morgan fingerprint density at radius 2 is 1.91 bits per heavy atom. The molecule has 1 aromatic carbocycles. The topological polar surface area (TPSA) is 17.3 Å². The van der Waals surface area contributed by atoms with E-state index in [0.29, 0.717) is 0 Å². The summed E-state index contributed by atoms with van der Waals surface area (Å²) in [6.07, 6.45) is 6.45. The molecule has 0 aliphatic rings. The van der Waals surface area contributed by atoms with Gasteiger partial charge in [-0.2, -0.15) is 5.10 Å². The third-order valence-corrected chi connectivity index (χ3v) is 4.63. The molecule has 0 N–H and O–H groups in total. The Kier molecular flexibility index (Phi) is 4.63. The minimum Gasteiger partial charge on any atom is -0.240 e. The monoisotopic (exact) mass is 356 g/mol. The average molecular weight is 357 g/mol. The van der Waals surface area contributed by atoms with E-state index in [1.165, 1.54) is 40.7 Å². The highest BCUT2D eigenvalue weighted by Crippen LogP contribution is 2.24. The van der Waals surface area contributed by atoms with E-state index < -0.39 is 0 Å². The molecule has 3 heteroatoms. The van der Waals surface area contributed by atoms with Crippen LogP contribution in [0.15, 0.2) is 47.1 Å². The van der Waals surface area contributed by atoms with E-state index >= 15 is 0 Å². The van der Waals surface area contributed by atoms with Gasteiger partial charge in [-0.15, -0.1) is 0 Å². The van der Waals surface area contributed by atoms with Crippen LogP contribution in [0.25, 0.3) is 5.52 Å². The minimum atomic E-state index is 0.945. The lowest BCUT2D eigenvalue weighted by Crippen LogP contribution is -1.95. The Labute approximate surface area is 140 Å². The summed E-state index contributed by atoms with van der Waals surface area (Å²) >= 11 is 3.51. The normalized spacial score (nSPS) is 11.2. The zero-order valence-electron chi connectivity index (χ0n) is 13.1. The Morgan fingerprint density at radius 3 is 2.64 bits per heavy atom. The number of benzene rings is 1. The Hall–Kier alpha value is -1.61. The van der Waals surface area contributed by atoms with Crippen LogP contribution < -0.4 is 0 Å². The van der Waals surface area contributed by atoms with Gasteiger partial charge in [-0.05, 0) is 49.1 Å². The molecule has 0 spiro atoms. The molecule has 0 saturated carbocycles. The summed E-state index contributed by atoms with van der Waals surface area (Å²) < 4.78 is 3.17. The van der Waals surface area contributed by atoms with Crippen molar-refractivity contribution in [2.75, 3.05) is 0 Å². The van der Waals surface area contributed by atoms with Gasteiger partial charge in [0, 0.05) is 22.7 Å². The van der Waals surface area contributed by atoms with Crippen molar-refractivity contribution in [3.8, 4) is 0 Å². The summed E-state index contributed by atoms with van der Waals surface area (Å²) in [5.74, 6) is 0. The van der Waals surface area contributed by atoms with Gasteiger partial charge in [0.15, 0.2) is 0 Å². The van der Waals surface area contributed by atoms with Gasteiger partial charge < -0.3 is 0 Å².